The molecule has 1 saturated heterocycles. The molecule has 134 valence electrons. The predicted molar refractivity (Wildman–Crippen MR) is 96.9 cm³/mol. The van der Waals surface area contributed by atoms with Crippen molar-refractivity contribution in [2.75, 3.05) is 11.5 Å². The minimum atomic E-state index is -1.39. The van der Waals surface area contributed by atoms with Crippen LogP contribution in [-0.4, -0.2) is 24.3 Å². The minimum absolute atomic E-state index is 0.0603. The molecule has 2 atom stereocenters. The third-order valence-corrected chi connectivity index (χ3v) is 5.24. The molecule has 2 aromatic rings. The van der Waals surface area contributed by atoms with Gasteiger partial charge in [-0.2, -0.15) is 0 Å². The lowest BCUT2D eigenvalue weighted by Crippen LogP contribution is -2.58. The Labute approximate surface area is 152 Å². The van der Waals surface area contributed by atoms with Crippen LogP contribution >= 0.6 is 0 Å². The van der Waals surface area contributed by atoms with Gasteiger partial charge in [0.05, 0.1) is 23.9 Å². The Balaban J connectivity index is 1.90. The van der Waals surface area contributed by atoms with Crippen molar-refractivity contribution in [3.8, 4) is 0 Å². The van der Waals surface area contributed by atoms with Gasteiger partial charge in [-0.25, -0.2) is 9.59 Å². The first-order chi connectivity index (χ1) is 12.6. The number of aryl methyl sites for hydroxylation is 1. The van der Waals surface area contributed by atoms with Crippen LogP contribution in [0.4, 0.5) is 5.69 Å². The number of hydrogen-bond donors (Lipinski definition) is 0. The Kier molecular flexibility index (Phi) is 3.94. The van der Waals surface area contributed by atoms with Crippen LogP contribution in [0.1, 0.15) is 47.3 Å². The van der Waals surface area contributed by atoms with Gasteiger partial charge in [0, 0.05) is 6.42 Å². The van der Waals surface area contributed by atoms with Gasteiger partial charge in [-0.05, 0) is 43.5 Å². The van der Waals surface area contributed by atoms with Crippen LogP contribution in [0, 0.1) is 6.92 Å². The first-order valence-corrected chi connectivity index (χ1v) is 8.93. The highest BCUT2D eigenvalue weighted by molar-refractivity contribution is 6.02. The monoisotopic (exact) mass is 351 g/mol. The number of hydrogen-bond acceptors (Lipinski definition) is 5. The molecule has 1 fully saturated rings. The topological polar surface area (TPSA) is 55.8 Å². The Morgan fingerprint density at radius 2 is 1.96 bits per heavy atom. The van der Waals surface area contributed by atoms with E-state index in [1.807, 2.05) is 29.2 Å². The standard InChI is InChI=1S/C21H21NO4/c1-3-25-20(24)21-13-12-18(15-9-5-4-8-14(15)2)22(21)17-11-7-6-10-16(17)19(23)26-21/h4-11,18H,3,12-13H2,1-2H3/t18-,21-/m0/s1. The molecule has 2 aliphatic rings. The molecule has 26 heavy (non-hydrogen) atoms. The van der Waals surface area contributed by atoms with Gasteiger partial charge in [-0.15, -0.1) is 0 Å². The largest absolute Gasteiger partial charge is 0.462 e. The zero-order valence-corrected chi connectivity index (χ0v) is 14.9. The maximum absolute atomic E-state index is 12.9. The van der Waals surface area contributed by atoms with Crippen molar-refractivity contribution in [1.82, 2.24) is 0 Å². The molecule has 0 aromatic heterocycles. The molecule has 2 aromatic carbocycles. The van der Waals surface area contributed by atoms with Crippen molar-refractivity contribution in [2.45, 2.75) is 38.5 Å². The van der Waals surface area contributed by atoms with Gasteiger partial charge in [-0.1, -0.05) is 36.4 Å². The van der Waals surface area contributed by atoms with E-state index >= 15 is 0 Å². The van der Waals surface area contributed by atoms with E-state index in [9.17, 15) is 9.59 Å². The first kappa shape index (κ1) is 16.6. The number of anilines is 1. The van der Waals surface area contributed by atoms with E-state index in [4.69, 9.17) is 9.47 Å². The smallest absolute Gasteiger partial charge is 0.372 e. The molecular formula is C21H21NO4. The van der Waals surface area contributed by atoms with Crippen molar-refractivity contribution >= 4 is 17.6 Å². The summed E-state index contributed by atoms with van der Waals surface area (Å²) in [7, 11) is 0. The Hall–Kier alpha value is -2.82. The summed E-state index contributed by atoms with van der Waals surface area (Å²) in [6, 6.07) is 15.3. The number of fused-ring (bicyclic) bond motifs is 3. The number of esters is 2. The van der Waals surface area contributed by atoms with Gasteiger partial charge < -0.3 is 14.4 Å². The molecule has 0 bridgehead atoms. The van der Waals surface area contributed by atoms with Crippen LogP contribution < -0.4 is 4.90 Å². The van der Waals surface area contributed by atoms with E-state index in [0.29, 0.717) is 18.4 Å². The highest BCUT2D eigenvalue weighted by Gasteiger charge is 2.60. The average molecular weight is 351 g/mol. The number of nitrogens with zero attached hydrogens (tertiary/aromatic N) is 1. The third kappa shape index (κ3) is 2.30. The summed E-state index contributed by atoms with van der Waals surface area (Å²) in [5, 5.41) is 0. The SMILES string of the molecule is CCOC(=O)[C@@]12CC[C@@H](c3ccccc3C)N1c1ccccc1C(=O)O2. The van der Waals surface area contributed by atoms with E-state index in [1.165, 1.54) is 0 Å². The fourth-order valence-electron chi connectivity index (χ4n) is 4.10. The maximum atomic E-state index is 12.9. The van der Waals surface area contributed by atoms with Gasteiger partial charge in [0.25, 0.3) is 5.72 Å². The molecular weight excluding hydrogens is 330 g/mol. The summed E-state index contributed by atoms with van der Waals surface area (Å²) in [6.07, 6.45) is 1.11. The number of carbonyl (C=O) groups is 2. The predicted octanol–water partition coefficient (Wildman–Crippen LogP) is 3.77. The quantitative estimate of drug-likeness (QED) is 0.788. The summed E-state index contributed by atoms with van der Waals surface area (Å²) in [4.78, 5) is 27.4. The van der Waals surface area contributed by atoms with Crippen molar-refractivity contribution in [2.24, 2.45) is 0 Å². The first-order valence-electron chi connectivity index (χ1n) is 8.93. The van der Waals surface area contributed by atoms with Crippen LogP contribution in [0.25, 0.3) is 0 Å². The lowest BCUT2D eigenvalue weighted by molar-refractivity contribution is -0.165. The van der Waals surface area contributed by atoms with Crippen LogP contribution in [0.5, 0.6) is 0 Å². The molecule has 0 unspecified atom stereocenters. The second kappa shape index (κ2) is 6.16. The number of rotatable bonds is 3. The van der Waals surface area contributed by atoms with Gasteiger partial charge in [-0.3, -0.25) is 0 Å². The van der Waals surface area contributed by atoms with E-state index < -0.39 is 17.7 Å². The van der Waals surface area contributed by atoms with Crippen LogP contribution in [-0.2, 0) is 14.3 Å². The van der Waals surface area contributed by atoms with Gasteiger partial charge in [0.1, 0.15) is 0 Å². The van der Waals surface area contributed by atoms with Crippen molar-refractivity contribution in [1.29, 1.82) is 0 Å². The lowest BCUT2D eigenvalue weighted by Gasteiger charge is -2.43. The van der Waals surface area contributed by atoms with Crippen molar-refractivity contribution in [3.05, 3.63) is 65.2 Å². The van der Waals surface area contributed by atoms with Crippen molar-refractivity contribution < 1.29 is 19.1 Å². The highest BCUT2D eigenvalue weighted by atomic mass is 16.6. The number of para-hydroxylation sites is 1. The summed E-state index contributed by atoms with van der Waals surface area (Å²) >= 11 is 0. The van der Waals surface area contributed by atoms with E-state index in [-0.39, 0.29) is 12.6 Å². The summed E-state index contributed by atoms with van der Waals surface area (Å²) < 4.78 is 11.0. The Morgan fingerprint density at radius 3 is 2.73 bits per heavy atom. The Morgan fingerprint density at radius 1 is 1.23 bits per heavy atom. The van der Waals surface area contributed by atoms with Crippen molar-refractivity contribution in [3.63, 3.8) is 0 Å². The van der Waals surface area contributed by atoms with E-state index in [0.717, 1.165) is 16.8 Å². The zero-order valence-electron chi connectivity index (χ0n) is 14.9. The number of benzene rings is 2. The highest BCUT2D eigenvalue weighted by Crippen LogP contribution is 2.51. The molecule has 2 heterocycles. The lowest BCUT2D eigenvalue weighted by atomic mass is 9.98. The molecule has 0 aliphatic carbocycles. The third-order valence-electron chi connectivity index (χ3n) is 5.24. The molecule has 0 N–H and O–H groups in total. The van der Waals surface area contributed by atoms with Crippen LogP contribution in [0.15, 0.2) is 48.5 Å². The minimum Gasteiger partial charge on any atom is -0.462 e. The van der Waals surface area contributed by atoms with Crippen LogP contribution in [0.2, 0.25) is 0 Å². The molecule has 5 heteroatoms. The molecule has 0 amide bonds. The average Bonchev–Trinajstić information content (AvgIpc) is 3.03. The number of carbonyl (C=O) groups excluding carboxylic acids is 2. The fourth-order valence-corrected chi connectivity index (χ4v) is 4.10. The maximum Gasteiger partial charge on any atom is 0.372 e. The van der Waals surface area contributed by atoms with E-state index in [1.54, 1.807) is 19.1 Å². The normalized spacial score (nSPS) is 23.8. The second-order valence-electron chi connectivity index (χ2n) is 6.69. The van der Waals surface area contributed by atoms with Gasteiger partial charge >= 0.3 is 11.9 Å². The van der Waals surface area contributed by atoms with Gasteiger partial charge in [0.15, 0.2) is 0 Å². The summed E-state index contributed by atoms with van der Waals surface area (Å²) in [6.45, 7) is 4.05. The van der Waals surface area contributed by atoms with Gasteiger partial charge in [0.2, 0.25) is 0 Å². The molecule has 4 rings (SSSR count). The molecule has 0 spiro atoms. The molecule has 2 aliphatic heterocycles. The molecule has 5 nitrogen and oxygen atoms in total. The number of ether oxygens (including phenoxy) is 2. The summed E-state index contributed by atoms with van der Waals surface area (Å²) in [5.74, 6) is -0.978. The molecule has 0 radical (unpaired) electrons. The summed E-state index contributed by atoms with van der Waals surface area (Å²) in [5.41, 5.74) is 2.09. The Bertz CT molecular complexity index is 878. The van der Waals surface area contributed by atoms with E-state index in [2.05, 4.69) is 19.1 Å². The van der Waals surface area contributed by atoms with Crippen LogP contribution in [0.3, 0.4) is 0 Å². The second-order valence-corrected chi connectivity index (χ2v) is 6.69. The fraction of sp³-hybridized carbons (Fsp3) is 0.333. The zero-order chi connectivity index (χ0) is 18.3. The molecule has 0 saturated carbocycles.